The van der Waals surface area contributed by atoms with Gasteiger partial charge in [0, 0.05) is 19.0 Å². The number of nitrogens with zero attached hydrogens (tertiary/aromatic N) is 3. The molecule has 2 heterocycles. The Kier molecular flexibility index (Phi) is 3.19. The zero-order valence-electron chi connectivity index (χ0n) is 9.66. The quantitative estimate of drug-likeness (QED) is 0.744. The summed E-state index contributed by atoms with van der Waals surface area (Å²) in [5.41, 5.74) is 0. The van der Waals surface area contributed by atoms with E-state index in [0.717, 1.165) is 31.8 Å². The van der Waals surface area contributed by atoms with Crippen molar-refractivity contribution < 1.29 is 4.79 Å². The monoisotopic (exact) mass is 223 g/mol. The van der Waals surface area contributed by atoms with Crippen LogP contribution in [0, 0.1) is 0 Å². The van der Waals surface area contributed by atoms with Gasteiger partial charge < -0.3 is 10.2 Å². The van der Waals surface area contributed by atoms with E-state index in [0.29, 0.717) is 0 Å². The fraction of sp³-hybridized carbons (Fsp3) is 0.700. The number of amides is 1. The number of hydrogen-bond acceptors (Lipinski definition) is 4. The van der Waals surface area contributed by atoms with E-state index < -0.39 is 0 Å². The smallest absolute Gasteiger partial charge is 0.291 e. The van der Waals surface area contributed by atoms with E-state index in [1.165, 1.54) is 0 Å². The molecule has 1 aliphatic heterocycles. The zero-order chi connectivity index (χ0) is 11.5. The maximum atomic E-state index is 11.8. The van der Waals surface area contributed by atoms with E-state index in [1.54, 1.807) is 0 Å². The molecule has 0 aliphatic carbocycles. The SMILES string of the molecule is CCc1nc(C(=O)NC2CCN(C)C2)n[nH]1. The second-order valence-corrected chi connectivity index (χ2v) is 4.18. The highest BCUT2D eigenvalue weighted by Crippen LogP contribution is 2.06. The molecule has 6 heteroatoms. The molecule has 2 N–H and O–H groups in total. The predicted molar refractivity (Wildman–Crippen MR) is 59.1 cm³/mol. The van der Waals surface area contributed by atoms with Crippen LogP contribution in [0.1, 0.15) is 29.8 Å². The lowest BCUT2D eigenvalue weighted by Crippen LogP contribution is -2.37. The Labute approximate surface area is 94.4 Å². The Morgan fingerprint density at radius 3 is 3.06 bits per heavy atom. The highest BCUT2D eigenvalue weighted by atomic mass is 16.2. The molecular weight excluding hydrogens is 206 g/mol. The second kappa shape index (κ2) is 4.61. The zero-order valence-corrected chi connectivity index (χ0v) is 9.66. The van der Waals surface area contributed by atoms with Crippen molar-refractivity contribution in [3.63, 3.8) is 0 Å². The molecule has 0 saturated carbocycles. The Hall–Kier alpha value is -1.43. The Morgan fingerprint density at radius 2 is 2.50 bits per heavy atom. The van der Waals surface area contributed by atoms with Gasteiger partial charge in [0.15, 0.2) is 0 Å². The third-order valence-electron chi connectivity index (χ3n) is 2.80. The van der Waals surface area contributed by atoms with Gasteiger partial charge in [0.05, 0.1) is 0 Å². The summed E-state index contributed by atoms with van der Waals surface area (Å²) < 4.78 is 0. The first-order valence-corrected chi connectivity index (χ1v) is 5.59. The molecule has 0 bridgehead atoms. The fourth-order valence-electron chi connectivity index (χ4n) is 1.86. The fourth-order valence-corrected chi connectivity index (χ4v) is 1.86. The molecule has 0 aromatic carbocycles. The van der Waals surface area contributed by atoms with Gasteiger partial charge >= 0.3 is 0 Å². The molecule has 1 aromatic rings. The van der Waals surface area contributed by atoms with Crippen LogP contribution in [0.4, 0.5) is 0 Å². The van der Waals surface area contributed by atoms with Crippen molar-refractivity contribution in [2.45, 2.75) is 25.8 Å². The van der Waals surface area contributed by atoms with E-state index in [9.17, 15) is 4.79 Å². The summed E-state index contributed by atoms with van der Waals surface area (Å²) >= 11 is 0. The predicted octanol–water partition coefficient (Wildman–Crippen LogP) is -0.199. The molecule has 1 aromatic heterocycles. The molecule has 1 atom stereocenters. The lowest BCUT2D eigenvalue weighted by molar-refractivity contribution is 0.0928. The Morgan fingerprint density at radius 1 is 1.69 bits per heavy atom. The lowest BCUT2D eigenvalue weighted by atomic mass is 10.2. The van der Waals surface area contributed by atoms with Crippen molar-refractivity contribution in [1.82, 2.24) is 25.4 Å². The number of aryl methyl sites for hydroxylation is 1. The number of carbonyl (C=O) groups is 1. The largest absolute Gasteiger partial charge is 0.345 e. The standard InChI is InChI=1S/C10H17N5O/c1-3-8-12-9(14-13-8)10(16)11-7-4-5-15(2)6-7/h7H,3-6H2,1-2H3,(H,11,16)(H,12,13,14). The average Bonchev–Trinajstić information content (AvgIpc) is 2.87. The summed E-state index contributed by atoms with van der Waals surface area (Å²) in [4.78, 5) is 18.1. The molecule has 16 heavy (non-hydrogen) atoms. The van der Waals surface area contributed by atoms with Crippen LogP contribution in [0.25, 0.3) is 0 Å². The van der Waals surface area contributed by atoms with Gasteiger partial charge in [0.1, 0.15) is 5.82 Å². The van der Waals surface area contributed by atoms with Gasteiger partial charge in [0.25, 0.3) is 5.91 Å². The van der Waals surface area contributed by atoms with E-state index in [2.05, 4.69) is 25.4 Å². The van der Waals surface area contributed by atoms with Crippen molar-refractivity contribution in [1.29, 1.82) is 0 Å². The van der Waals surface area contributed by atoms with Gasteiger partial charge in [0.2, 0.25) is 5.82 Å². The number of rotatable bonds is 3. The number of nitrogens with one attached hydrogen (secondary N) is 2. The molecule has 1 amide bonds. The molecule has 1 aliphatic rings. The third-order valence-corrected chi connectivity index (χ3v) is 2.80. The van der Waals surface area contributed by atoms with Crippen LogP contribution in [-0.4, -0.2) is 52.2 Å². The van der Waals surface area contributed by atoms with Gasteiger partial charge in [-0.05, 0) is 20.0 Å². The molecule has 0 radical (unpaired) electrons. The topological polar surface area (TPSA) is 73.9 Å². The van der Waals surface area contributed by atoms with Crippen LogP contribution in [0.3, 0.4) is 0 Å². The van der Waals surface area contributed by atoms with Crippen LogP contribution in [-0.2, 0) is 6.42 Å². The number of carbonyl (C=O) groups excluding carboxylic acids is 1. The maximum absolute atomic E-state index is 11.8. The van der Waals surface area contributed by atoms with Crippen molar-refractivity contribution >= 4 is 5.91 Å². The van der Waals surface area contributed by atoms with Gasteiger partial charge in [-0.3, -0.25) is 9.89 Å². The molecule has 6 nitrogen and oxygen atoms in total. The van der Waals surface area contributed by atoms with Gasteiger partial charge in [-0.1, -0.05) is 6.92 Å². The maximum Gasteiger partial charge on any atom is 0.291 e. The molecule has 1 fully saturated rings. The summed E-state index contributed by atoms with van der Waals surface area (Å²) in [5, 5.41) is 9.56. The minimum Gasteiger partial charge on any atom is -0.345 e. The van der Waals surface area contributed by atoms with Gasteiger partial charge in [-0.2, -0.15) is 0 Å². The first kappa shape index (κ1) is 11.1. The highest BCUT2D eigenvalue weighted by Gasteiger charge is 2.23. The van der Waals surface area contributed by atoms with Crippen LogP contribution in [0.5, 0.6) is 0 Å². The summed E-state index contributed by atoms with van der Waals surface area (Å²) in [7, 11) is 2.05. The number of likely N-dealkylation sites (tertiary alicyclic amines) is 1. The highest BCUT2D eigenvalue weighted by molar-refractivity contribution is 5.90. The van der Waals surface area contributed by atoms with Gasteiger partial charge in [-0.25, -0.2) is 4.98 Å². The van der Waals surface area contributed by atoms with Crippen LogP contribution in [0.2, 0.25) is 0 Å². The van der Waals surface area contributed by atoms with Crippen molar-refractivity contribution in [2.24, 2.45) is 0 Å². The minimum atomic E-state index is -0.184. The van der Waals surface area contributed by atoms with Crippen LogP contribution in [0.15, 0.2) is 0 Å². The van der Waals surface area contributed by atoms with Crippen LogP contribution < -0.4 is 5.32 Å². The minimum absolute atomic E-state index is 0.184. The lowest BCUT2D eigenvalue weighted by Gasteiger charge is -2.10. The molecule has 0 spiro atoms. The number of aromatic nitrogens is 3. The molecule has 1 saturated heterocycles. The summed E-state index contributed by atoms with van der Waals surface area (Å²) in [6.45, 7) is 3.89. The van der Waals surface area contributed by atoms with Crippen LogP contribution >= 0.6 is 0 Å². The summed E-state index contributed by atoms with van der Waals surface area (Å²) in [6, 6.07) is 0.223. The van der Waals surface area contributed by atoms with Crippen molar-refractivity contribution in [2.75, 3.05) is 20.1 Å². The van der Waals surface area contributed by atoms with E-state index >= 15 is 0 Å². The normalized spacial score (nSPS) is 21.2. The average molecular weight is 223 g/mol. The first-order chi connectivity index (χ1) is 7.69. The Balaban J connectivity index is 1.92. The first-order valence-electron chi connectivity index (χ1n) is 5.59. The van der Waals surface area contributed by atoms with E-state index in [-0.39, 0.29) is 17.8 Å². The molecule has 2 rings (SSSR count). The van der Waals surface area contributed by atoms with Crippen molar-refractivity contribution in [3.8, 4) is 0 Å². The van der Waals surface area contributed by atoms with Crippen molar-refractivity contribution in [3.05, 3.63) is 11.6 Å². The number of likely N-dealkylation sites (N-methyl/N-ethyl adjacent to an activating group) is 1. The number of aromatic amines is 1. The molecular formula is C10H17N5O. The summed E-state index contributed by atoms with van der Waals surface area (Å²) in [5.74, 6) is 0.802. The second-order valence-electron chi connectivity index (χ2n) is 4.18. The summed E-state index contributed by atoms with van der Waals surface area (Å²) in [6.07, 6.45) is 1.75. The van der Waals surface area contributed by atoms with E-state index in [4.69, 9.17) is 0 Å². The number of hydrogen-bond donors (Lipinski definition) is 2. The number of H-pyrrole nitrogens is 1. The van der Waals surface area contributed by atoms with E-state index in [1.807, 2.05) is 14.0 Å². The van der Waals surface area contributed by atoms with Gasteiger partial charge in [-0.15, -0.1) is 5.10 Å². The molecule has 1 unspecified atom stereocenters. The Bertz CT molecular complexity index is 375. The molecule has 88 valence electrons. The third kappa shape index (κ3) is 2.38.